The van der Waals surface area contributed by atoms with Gasteiger partial charge in [-0.25, -0.2) is 0 Å². The molecule has 0 N–H and O–H groups in total. The summed E-state index contributed by atoms with van der Waals surface area (Å²) in [6.45, 7) is 3.01. The van der Waals surface area contributed by atoms with Gasteiger partial charge in [-0.1, -0.05) is 68.1 Å². The van der Waals surface area contributed by atoms with Gasteiger partial charge in [0.25, 0.3) is 0 Å². The zero-order chi connectivity index (χ0) is 13.4. The maximum absolute atomic E-state index is 5.13. The number of alkyl halides is 2. The Morgan fingerprint density at radius 3 is 2.44 bits per heavy atom. The SMILES string of the molecule is COCCCCC(CBr)(CBr)c1cccc(C)c1. The summed E-state index contributed by atoms with van der Waals surface area (Å²) in [4.78, 5) is 0. The zero-order valence-corrected chi connectivity index (χ0v) is 14.4. The maximum atomic E-state index is 5.13. The Hall–Kier alpha value is 0.140. The first kappa shape index (κ1) is 16.2. The maximum Gasteiger partial charge on any atom is 0.0462 e. The van der Waals surface area contributed by atoms with Gasteiger partial charge >= 0.3 is 0 Å². The Labute approximate surface area is 128 Å². The molecule has 0 heterocycles. The molecule has 18 heavy (non-hydrogen) atoms. The highest BCUT2D eigenvalue weighted by molar-refractivity contribution is 9.09. The van der Waals surface area contributed by atoms with E-state index in [4.69, 9.17) is 4.74 Å². The summed E-state index contributed by atoms with van der Waals surface area (Å²) in [5.74, 6) is 0. The molecule has 0 amide bonds. The van der Waals surface area contributed by atoms with Crippen molar-refractivity contribution in [2.75, 3.05) is 24.4 Å². The monoisotopic (exact) mass is 376 g/mol. The van der Waals surface area contributed by atoms with E-state index in [2.05, 4.69) is 63.0 Å². The largest absolute Gasteiger partial charge is 0.385 e. The molecule has 0 bridgehead atoms. The number of benzene rings is 1. The molecule has 0 aromatic heterocycles. The smallest absolute Gasteiger partial charge is 0.0462 e. The molecule has 0 aliphatic rings. The molecule has 102 valence electrons. The van der Waals surface area contributed by atoms with E-state index in [0.29, 0.717) is 0 Å². The van der Waals surface area contributed by atoms with Crippen molar-refractivity contribution >= 4 is 31.9 Å². The van der Waals surface area contributed by atoms with E-state index in [0.717, 1.165) is 23.7 Å². The van der Waals surface area contributed by atoms with Crippen LogP contribution in [0.15, 0.2) is 24.3 Å². The molecule has 0 atom stereocenters. The van der Waals surface area contributed by atoms with Crippen LogP contribution in [0, 0.1) is 6.92 Å². The van der Waals surface area contributed by atoms with Crippen LogP contribution in [0.1, 0.15) is 30.4 Å². The Morgan fingerprint density at radius 2 is 1.89 bits per heavy atom. The van der Waals surface area contributed by atoms with Gasteiger partial charge in [0.2, 0.25) is 0 Å². The average Bonchev–Trinajstić information content (AvgIpc) is 2.40. The highest BCUT2D eigenvalue weighted by Gasteiger charge is 2.29. The second kappa shape index (κ2) is 8.34. The molecule has 1 aromatic rings. The molecule has 1 rings (SSSR count). The van der Waals surface area contributed by atoms with Crippen LogP contribution in [-0.2, 0) is 10.2 Å². The molecular weight excluding hydrogens is 356 g/mol. The molecule has 0 saturated carbocycles. The molecule has 0 radical (unpaired) electrons. The van der Waals surface area contributed by atoms with Crippen LogP contribution < -0.4 is 0 Å². The number of aryl methyl sites for hydroxylation is 1. The van der Waals surface area contributed by atoms with Crippen molar-refractivity contribution in [3.8, 4) is 0 Å². The lowest BCUT2D eigenvalue weighted by Gasteiger charge is -2.31. The minimum absolute atomic E-state index is 0.194. The second-order valence-electron chi connectivity index (χ2n) is 4.87. The fourth-order valence-electron chi connectivity index (χ4n) is 2.15. The van der Waals surface area contributed by atoms with Gasteiger partial charge in [0.15, 0.2) is 0 Å². The van der Waals surface area contributed by atoms with Crippen molar-refractivity contribution < 1.29 is 4.74 Å². The molecule has 0 unspecified atom stereocenters. The van der Waals surface area contributed by atoms with Crippen LogP contribution in [0.3, 0.4) is 0 Å². The number of ether oxygens (including phenoxy) is 1. The van der Waals surface area contributed by atoms with E-state index in [1.807, 2.05) is 0 Å². The summed E-state index contributed by atoms with van der Waals surface area (Å²) in [6, 6.07) is 8.85. The van der Waals surface area contributed by atoms with Gasteiger partial charge < -0.3 is 4.74 Å². The van der Waals surface area contributed by atoms with Crippen molar-refractivity contribution in [2.24, 2.45) is 0 Å². The first-order valence-corrected chi connectivity index (χ1v) is 8.61. The molecule has 1 nitrogen and oxygen atoms in total. The lowest BCUT2D eigenvalue weighted by molar-refractivity contribution is 0.190. The number of methoxy groups -OCH3 is 1. The first-order chi connectivity index (χ1) is 8.68. The highest BCUT2D eigenvalue weighted by Crippen LogP contribution is 2.34. The van der Waals surface area contributed by atoms with E-state index in [-0.39, 0.29) is 5.41 Å². The van der Waals surface area contributed by atoms with Gasteiger partial charge in [-0.2, -0.15) is 0 Å². The van der Waals surface area contributed by atoms with E-state index in [9.17, 15) is 0 Å². The predicted octanol–water partition coefficient (Wildman–Crippen LogP) is 4.84. The lowest BCUT2D eigenvalue weighted by Crippen LogP contribution is -2.30. The van der Waals surface area contributed by atoms with Crippen LogP contribution >= 0.6 is 31.9 Å². The number of rotatable bonds is 8. The summed E-state index contributed by atoms with van der Waals surface area (Å²) in [6.07, 6.45) is 3.50. The van der Waals surface area contributed by atoms with E-state index in [1.165, 1.54) is 24.0 Å². The normalized spacial score (nSPS) is 11.8. The Balaban J connectivity index is 2.79. The van der Waals surface area contributed by atoms with Crippen molar-refractivity contribution in [1.82, 2.24) is 0 Å². The van der Waals surface area contributed by atoms with Crippen LogP contribution in [0.2, 0.25) is 0 Å². The molecule has 0 aliphatic carbocycles. The topological polar surface area (TPSA) is 9.23 Å². The highest BCUT2D eigenvalue weighted by atomic mass is 79.9. The van der Waals surface area contributed by atoms with Gasteiger partial charge in [-0.3, -0.25) is 0 Å². The lowest BCUT2D eigenvalue weighted by atomic mass is 9.79. The van der Waals surface area contributed by atoms with Crippen molar-refractivity contribution in [2.45, 2.75) is 31.6 Å². The second-order valence-corrected chi connectivity index (χ2v) is 5.99. The van der Waals surface area contributed by atoms with Crippen LogP contribution in [-0.4, -0.2) is 24.4 Å². The van der Waals surface area contributed by atoms with E-state index < -0.39 is 0 Å². The van der Waals surface area contributed by atoms with Crippen molar-refractivity contribution in [3.05, 3.63) is 35.4 Å². The van der Waals surface area contributed by atoms with Gasteiger partial charge in [0, 0.05) is 29.8 Å². The zero-order valence-electron chi connectivity index (χ0n) is 11.2. The quantitative estimate of drug-likeness (QED) is 0.465. The minimum atomic E-state index is 0.194. The third-order valence-electron chi connectivity index (χ3n) is 3.40. The van der Waals surface area contributed by atoms with Crippen LogP contribution in [0.5, 0.6) is 0 Å². The molecule has 0 fully saturated rings. The predicted molar refractivity (Wildman–Crippen MR) is 86.2 cm³/mol. The Morgan fingerprint density at radius 1 is 1.17 bits per heavy atom. The van der Waals surface area contributed by atoms with Gasteiger partial charge in [0.05, 0.1) is 0 Å². The number of unbranched alkanes of at least 4 members (excludes halogenated alkanes) is 1. The van der Waals surface area contributed by atoms with E-state index >= 15 is 0 Å². The Kier molecular flexibility index (Phi) is 7.50. The van der Waals surface area contributed by atoms with Crippen LogP contribution in [0.4, 0.5) is 0 Å². The summed E-state index contributed by atoms with van der Waals surface area (Å²) in [7, 11) is 1.77. The van der Waals surface area contributed by atoms with E-state index in [1.54, 1.807) is 7.11 Å². The van der Waals surface area contributed by atoms with Gasteiger partial charge in [0.1, 0.15) is 0 Å². The average molecular weight is 378 g/mol. The van der Waals surface area contributed by atoms with Gasteiger partial charge in [-0.05, 0) is 25.3 Å². The van der Waals surface area contributed by atoms with Crippen molar-refractivity contribution in [1.29, 1.82) is 0 Å². The van der Waals surface area contributed by atoms with Gasteiger partial charge in [-0.15, -0.1) is 0 Å². The molecule has 1 aromatic carbocycles. The fraction of sp³-hybridized carbons (Fsp3) is 0.600. The third-order valence-corrected chi connectivity index (χ3v) is 5.54. The molecular formula is C15H22Br2O. The van der Waals surface area contributed by atoms with Crippen LogP contribution in [0.25, 0.3) is 0 Å². The number of halogens is 2. The standard InChI is InChI=1S/C15H22Br2O/c1-13-6-5-7-14(10-13)15(11-16,12-17)8-3-4-9-18-2/h5-7,10H,3-4,8-9,11-12H2,1-2H3. The first-order valence-electron chi connectivity index (χ1n) is 6.36. The summed E-state index contributed by atoms with van der Waals surface area (Å²) < 4.78 is 5.13. The number of hydrogen-bond donors (Lipinski definition) is 0. The number of hydrogen-bond acceptors (Lipinski definition) is 1. The fourth-order valence-corrected chi connectivity index (χ4v) is 4.29. The molecule has 0 spiro atoms. The summed E-state index contributed by atoms with van der Waals surface area (Å²) in [5.41, 5.74) is 2.95. The Bertz CT molecular complexity index is 348. The van der Waals surface area contributed by atoms with Crippen molar-refractivity contribution in [3.63, 3.8) is 0 Å². The molecule has 0 aliphatic heterocycles. The minimum Gasteiger partial charge on any atom is -0.385 e. The molecule has 0 saturated heterocycles. The summed E-state index contributed by atoms with van der Waals surface area (Å²) in [5, 5.41) is 1.98. The third kappa shape index (κ3) is 4.36. The molecule has 3 heteroatoms. The summed E-state index contributed by atoms with van der Waals surface area (Å²) >= 11 is 7.40.